The van der Waals surface area contributed by atoms with Gasteiger partial charge in [-0.15, -0.1) is 0 Å². The van der Waals surface area contributed by atoms with E-state index in [0.717, 1.165) is 29.7 Å². The van der Waals surface area contributed by atoms with Crippen molar-refractivity contribution in [2.24, 2.45) is 0 Å². The van der Waals surface area contributed by atoms with Crippen LogP contribution in [0.5, 0.6) is 0 Å². The number of hydrogen-bond acceptors (Lipinski definition) is 3. The van der Waals surface area contributed by atoms with Gasteiger partial charge >= 0.3 is 0 Å². The fourth-order valence-electron chi connectivity index (χ4n) is 3.29. The Morgan fingerprint density at radius 3 is 2.50 bits per heavy atom. The van der Waals surface area contributed by atoms with Crippen LogP contribution in [0.1, 0.15) is 6.42 Å². The van der Waals surface area contributed by atoms with E-state index in [0.29, 0.717) is 25.2 Å². The normalized spacial score (nSPS) is 22.6. The summed E-state index contributed by atoms with van der Waals surface area (Å²) in [5, 5.41) is 10.6. The summed E-state index contributed by atoms with van der Waals surface area (Å²) in [6, 6.07) is 0. The van der Waals surface area contributed by atoms with Gasteiger partial charge in [0.15, 0.2) is 0 Å². The zero-order chi connectivity index (χ0) is 20.5. The molecule has 0 saturated heterocycles. The SMILES string of the molecule is C=C/C=C\C1=C(C=C)CN(CC(O)CN2CCC(=C)/C=C\C=C/C(=C)C2)C1=O. The van der Waals surface area contributed by atoms with Crippen molar-refractivity contribution < 1.29 is 9.90 Å². The van der Waals surface area contributed by atoms with Crippen molar-refractivity contribution in [3.05, 3.63) is 97.2 Å². The Morgan fingerprint density at radius 1 is 1.11 bits per heavy atom. The van der Waals surface area contributed by atoms with Crippen molar-refractivity contribution in [3.8, 4) is 0 Å². The van der Waals surface area contributed by atoms with Crippen LogP contribution in [-0.2, 0) is 4.79 Å². The lowest BCUT2D eigenvalue weighted by atomic mass is 10.1. The summed E-state index contributed by atoms with van der Waals surface area (Å²) in [4.78, 5) is 16.5. The van der Waals surface area contributed by atoms with Gasteiger partial charge in [0.25, 0.3) is 5.91 Å². The summed E-state index contributed by atoms with van der Waals surface area (Å²) in [5.41, 5.74) is 3.51. The lowest BCUT2D eigenvalue weighted by Gasteiger charge is -2.28. The molecule has 0 aromatic heterocycles. The van der Waals surface area contributed by atoms with Gasteiger partial charge in [-0.25, -0.2) is 0 Å². The van der Waals surface area contributed by atoms with Gasteiger partial charge in [0.1, 0.15) is 0 Å². The monoisotopic (exact) mass is 378 g/mol. The first-order chi connectivity index (χ1) is 13.4. The van der Waals surface area contributed by atoms with Crippen LogP contribution >= 0.6 is 0 Å². The van der Waals surface area contributed by atoms with E-state index in [-0.39, 0.29) is 12.5 Å². The fourth-order valence-corrected chi connectivity index (χ4v) is 3.29. The van der Waals surface area contributed by atoms with Crippen molar-refractivity contribution in [1.82, 2.24) is 9.80 Å². The molecular weight excluding hydrogens is 348 g/mol. The van der Waals surface area contributed by atoms with E-state index in [1.54, 1.807) is 29.2 Å². The number of allylic oxidation sites excluding steroid dienone is 5. The summed E-state index contributed by atoms with van der Waals surface area (Å²) >= 11 is 0. The number of hydrogen-bond donors (Lipinski definition) is 1. The summed E-state index contributed by atoms with van der Waals surface area (Å²) in [7, 11) is 0. The average Bonchev–Trinajstić information content (AvgIpc) is 2.96. The van der Waals surface area contributed by atoms with Crippen LogP contribution in [-0.4, -0.2) is 59.6 Å². The third-order valence-electron chi connectivity index (χ3n) is 4.72. The molecule has 2 rings (SSSR count). The second-order valence-electron chi connectivity index (χ2n) is 7.10. The Hall–Kier alpha value is -2.69. The first-order valence-electron chi connectivity index (χ1n) is 9.49. The van der Waals surface area contributed by atoms with Crippen LogP contribution in [0.2, 0.25) is 0 Å². The number of carbonyl (C=O) groups excluding carboxylic acids is 1. The first-order valence-corrected chi connectivity index (χ1v) is 9.49. The maximum atomic E-state index is 12.7. The minimum Gasteiger partial charge on any atom is -0.390 e. The number of β-amino-alcohol motifs (C(OH)–C–C–N with tert-alkyl or cyclic N) is 1. The van der Waals surface area contributed by atoms with Crippen LogP contribution < -0.4 is 0 Å². The molecule has 4 nitrogen and oxygen atoms in total. The molecule has 0 bridgehead atoms. The Balaban J connectivity index is 1.98. The number of carbonyl (C=O) groups is 1. The largest absolute Gasteiger partial charge is 0.390 e. The quantitative estimate of drug-likeness (QED) is 0.691. The standard InChI is InChI=1S/C24H30N2O2/c1-5-7-12-23-21(6-2)16-26(24(23)28)18-22(27)17-25-14-13-19(3)10-8-9-11-20(4)15-25/h5-12,22,27H,1-4,13-18H2/b10-8-,11-9-,12-7-. The molecule has 4 heteroatoms. The van der Waals surface area contributed by atoms with Gasteiger partial charge in [-0.3, -0.25) is 9.69 Å². The molecule has 1 unspecified atom stereocenters. The lowest BCUT2D eigenvalue weighted by Crippen LogP contribution is -2.42. The Morgan fingerprint density at radius 2 is 1.82 bits per heavy atom. The van der Waals surface area contributed by atoms with E-state index in [1.165, 1.54) is 0 Å². The molecule has 0 radical (unpaired) electrons. The number of amides is 1. The maximum Gasteiger partial charge on any atom is 0.254 e. The maximum absolute atomic E-state index is 12.7. The average molecular weight is 379 g/mol. The third-order valence-corrected chi connectivity index (χ3v) is 4.72. The van der Waals surface area contributed by atoms with Crippen molar-refractivity contribution >= 4 is 5.91 Å². The molecule has 0 aliphatic carbocycles. The molecule has 2 aliphatic heterocycles. The summed E-state index contributed by atoms with van der Waals surface area (Å²) in [5.74, 6) is -0.0844. The molecule has 1 N–H and O–H groups in total. The predicted octanol–water partition coefficient (Wildman–Crippen LogP) is 3.34. The van der Waals surface area contributed by atoms with Crippen LogP contribution in [0, 0.1) is 0 Å². The van der Waals surface area contributed by atoms with Crippen LogP contribution in [0.25, 0.3) is 0 Å². The second-order valence-corrected chi connectivity index (χ2v) is 7.10. The van der Waals surface area contributed by atoms with E-state index in [1.807, 2.05) is 24.3 Å². The topological polar surface area (TPSA) is 43.8 Å². The molecule has 1 atom stereocenters. The lowest BCUT2D eigenvalue weighted by molar-refractivity contribution is -0.126. The van der Waals surface area contributed by atoms with Gasteiger partial charge in [-0.2, -0.15) is 0 Å². The molecule has 0 aromatic carbocycles. The van der Waals surface area contributed by atoms with Gasteiger partial charge in [-0.1, -0.05) is 74.4 Å². The Labute approximate surface area is 168 Å². The number of aliphatic hydroxyl groups is 1. The highest BCUT2D eigenvalue weighted by Gasteiger charge is 2.29. The van der Waals surface area contributed by atoms with Crippen LogP contribution in [0.15, 0.2) is 97.2 Å². The van der Waals surface area contributed by atoms with E-state index >= 15 is 0 Å². The summed E-state index contributed by atoms with van der Waals surface area (Å²) < 4.78 is 0. The van der Waals surface area contributed by atoms with Gasteiger partial charge < -0.3 is 10.0 Å². The Kier molecular flexibility index (Phi) is 8.18. The zero-order valence-corrected chi connectivity index (χ0v) is 16.5. The fraction of sp³-hybridized carbons (Fsp3) is 0.292. The van der Waals surface area contributed by atoms with E-state index in [4.69, 9.17) is 0 Å². The van der Waals surface area contributed by atoms with E-state index in [2.05, 4.69) is 31.2 Å². The van der Waals surface area contributed by atoms with Crippen LogP contribution in [0.3, 0.4) is 0 Å². The van der Waals surface area contributed by atoms with Gasteiger partial charge in [0.2, 0.25) is 0 Å². The highest BCUT2D eigenvalue weighted by atomic mass is 16.3. The molecular formula is C24H30N2O2. The van der Waals surface area contributed by atoms with E-state index < -0.39 is 6.10 Å². The minimum absolute atomic E-state index is 0.0844. The zero-order valence-electron chi connectivity index (χ0n) is 16.5. The van der Waals surface area contributed by atoms with Crippen molar-refractivity contribution in [2.45, 2.75) is 12.5 Å². The Bertz CT molecular complexity index is 767. The van der Waals surface area contributed by atoms with Gasteiger partial charge in [-0.05, 0) is 23.6 Å². The molecule has 0 aromatic rings. The van der Waals surface area contributed by atoms with Gasteiger partial charge in [0.05, 0.1) is 6.10 Å². The van der Waals surface area contributed by atoms with Crippen molar-refractivity contribution in [1.29, 1.82) is 0 Å². The molecule has 148 valence electrons. The second kappa shape index (κ2) is 10.6. The summed E-state index contributed by atoms with van der Waals surface area (Å²) in [6.45, 7) is 18.2. The number of aliphatic hydroxyl groups excluding tert-OH is 1. The van der Waals surface area contributed by atoms with Crippen LogP contribution in [0.4, 0.5) is 0 Å². The summed E-state index contributed by atoms with van der Waals surface area (Å²) in [6.07, 6.45) is 14.9. The number of rotatable bonds is 7. The molecule has 0 spiro atoms. The third kappa shape index (κ3) is 6.19. The molecule has 0 fully saturated rings. The molecule has 2 heterocycles. The van der Waals surface area contributed by atoms with Crippen molar-refractivity contribution in [3.63, 3.8) is 0 Å². The molecule has 1 amide bonds. The van der Waals surface area contributed by atoms with E-state index in [9.17, 15) is 9.90 Å². The highest BCUT2D eigenvalue weighted by Crippen LogP contribution is 2.21. The minimum atomic E-state index is -0.652. The van der Waals surface area contributed by atoms with Crippen molar-refractivity contribution in [2.75, 3.05) is 32.7 Å². The molecule has 0 saturated carbocycles. The first kappa shape index (κ1) is 21.6. The molecule has 2 aliphatic rings. The highest BCUT2D eigenvalue weighted by molar-refractivity contribution is 6.00. The predicted molar refractivity (Wildman–Crippen MR) is 117 cm³/mol. The van der Waals surface area contributed by atoms with Gasteiger partial charge in [0, 0.05) is 38.3 Å². The smallest absolute Gasteiger partial charge is 0.254 e. The number of nitrogens with zero attached hydrogens (tertiary/aromatic N) is 2. The molecule has 28 heavy (non-hydrogen) atoms.